The molecule has 2 fully saturated rings. The van der Waals surface area contributed by atoms with E-state index >= 15 is 0 Å². The van der Waals surface area contributed by atoms with Gasteiger partial charge in [0, 0.05) is 46.0 Å². The summed E-state index contributed by atoms with van der Waals surface area (Å²) >= 11 is 5.06. The highest BCUT2D eigenvalue weighted by Gasteiger charge is 2.72. The lowest BCUT2D eigenvalue weighted by Gasteiger charge is -2.64. The monoisotopic (exact) mass is 540 g/mol. The maximum Gasteiger partial charge on any atom is 0.246 e. The van der Waals surface area contributed by atoms with Crippen molar-refractivity contribution >= 4 is 39.2 Å². The molecule has 1 N–H and O–H groups in total. The predicted octanol–water partition coefficient (Wildman–Crippen LogP) is 4.39. The zero-order chi connectivity index (χ0) is 23.7. The number of amides is 1. The van der Waals surface area contributed by atoms with Gasteiger partial charge in [-0.15, -0.1) is 17.9 Å². The van der Waals surface area contributed by atoms with Crippen molar-refractivity contribution in [2.75, 3.05) is 20.1 Å². The van der Waals surface area contributed by atoms with E-state index in [0.717, 1.165) is 41.0 Å². The second-order valence-electron chi connectivity index (χ2n) is 10.0. The van der Waals surface area contributed by atoms with Crippen molar-refractivity contribution in [1.82, 2.24) is 9.80 Å². The number of hydrogen-bond acceptors (Lipinski definition) is 5. The molecule has 34 heavy (non-hydrogen) atoms. The highest BCUT2D eigenvalue weighted by Crippen LogP contribution is 2.64. The van der Waals surface area contributed by atoms with Crippen LogP contribution in [0.15, 0.2) is 52.8 Å². The third kappa shape index (κ3) is 3.00. The van der Waals surface area contributed by atoms with Crippen LogP contribution in [0.4, 0.5) is 0 Å². The van der Waals surface area contributed by atoms with Gasteiger partial charge in [-0.2, -0.15) is 0 Å². The van der Waals surface area contributed by atoms with Gasteiger partial charge in [0.25, 0.3) is 0 Å². The molecule has 1 amide bonds. The topological polar surface area (TPSA) is 53.0 Å². The second-order valence-corrected chi connectivity index (χ2v) is 11.9. The number of hydrogen-bond donors (Lipinski definition) is 1. The Balaban J connectivity index is 1.37. The molecule has 1 aromatic heterocycles. The minimum atomic E-state index is -0.877. The van der Waals surface area contributed by atoms with Crippen molar-refractivity contribution in [3.63, 3.8) is 0 Å². The van der Waals surface area contributed by atoms with Crippen LogP contribution in [-0.4, -0.2) is 64.7 Å². The van der Waals surface area contributed by atoms with Crippen LogP contribution in [0.25, 0.3) is 6.08 Å². The van der Waals surface area contributed by atoms with E-state index in [1.54, 1.807) is 17.4 Å². The first-order chi connectivity index (χ1) is 16.4. The molecule has 1 saturated carbocycles. The smallest absolute Gasteiger partial charge is 0.246 e. The molecule has 5 atom stereocenters. The average molecular weight is 542 g/mol. The third-order valence-corrected chi connectivity index (χ3v) is 10.3. The Morgan fingerprint density at radius 2 is 2.29 bits per heavy atom. The first-order valence-electron chi connectivity index (χ1n) is 11.9. The molecule has 1 saturated heterocycles. The van der Waals surface area contributed by atoms with E-state index in [0.29, 0.717) is 12.8 Å². The molecular weight excluding hydrogens is 512 g/mol. The van der Waals surface area contributed by atoms with Gasteiger partial charge in [0.2, 0.25) is 5.91 Å². The number of aliphatic hydroxyl groups is 1. The largest absolute Gasteiger partial charge is 0.487 e. The standard InChI is InChI=1S/C27H29BrN2O3S/c1-3-12-30-13-11-26-24-17-5-4-6-21(24)33-25(26)20(9-10-27(26,32)22(30)14-17)29(2)23(31)8-7-19-15-18(28)16-34-19/h3-8,15-16,20,22,25,32H,1,9-14H2,2H3/b8-7+/t20-,22-,25+,26+,27-/m1/s1. The number of likely N-dealkylation sites (N-methyl/N-ethyl adjacent to an activating group) is 1. The number of ether oxygens (including phenoxy) is 1. The minimum absolute atomic E-state index is 0.0327. The zero-order valence-electron chi connectivity index (χ0n) is 19.2. The van der Waals surface area contributed by atoms with Crippen molar-refractivity contribution in [1.29, 1.82) is 0 Å². The Bertz CT molecular complexity index is 1190. The highest BCUT2D eigenvalue weighted by molar-refractivity contribution is 9.10. The fourth-order valence-electron chi connectivity index (χ4n) is 7.21. The molecule has 2 aromatic rings. The number of nitrogens with zero attached hydrogens (tertiary/aromatic N) is 2. The number of rotatable bonds is 5. The van der Waals surface area contributed by atoms with Gasteiger partial charge >= 0.3 is 0 Å². The average Bonchev–Trinajstić information content (AvgIpc) is 3.39. The third-order valence-electron chi connectivity index (χ3n) is 8.63. The summed E-state index contributed by atoms with van der Waals surface area (Å²) in [5.74, 6) is 0.857. The summed E-state index contributed by atoms with van der Waals surface area (Å²) in [6.07, 6.45) is 8.22. The quantitative estimate of drug-likeness (QED) is 0.451. The highest BCUT2D eigenvalue weighted by atomic mass is 79.9. The van der Waals surface area contributed by atoms with E-state index in [1.165, 1.54) is 11.1 Å². The molecule has 2 bridgehead atoms. The van der Waals surface area contributed by atoms with Gasteiger partial charge in [-0.3, -0.25) is 9.69 Å². The van der Waals surface area contributed by atoms with E-state index < -0.39 is 11.0 Å². The van der Waals surface area contributed by atoms with Crippen molar-refractivity contribution < 1.29 is 14.6 Å². The van der Waals surface area contributed by atoms with Crippen LogP contribution in [-0.2, 0) is 16.6 Å². The number of likely N-dealkylation sites (tertiary alicyclic amines) is 1. The molecule has 4 aliphatic rings. The van der Waals surface area contributed by atoms with Crippen molar-refractivity contribution in [3.8, 4) is 5.75 Å². The van der Waals surface area contributed by atoms with E-state index in [9.17, 15) is 9.90 Å². The number of carbonyl (C=O) groups excluding carboxylic acids is 1. The summed E-state index contributed by atoms with van der Waals surface area (Å²) < 4.78 is 7.69. The van der Waals surface area contributed by atoms with Crippen molar-refractivity contribution in [3.05, 3.63) is 68.9 Å². The van der Waals surface area contributed by atoms with Crippen molar-refractivity contribution in [2.45, 2.75) is 54.9 Å². The van der Waals surface area contributed by atoms with E-state index in [2.05, 4.69) is 39.5 Å². The minimum Gasteiger partial charge on any atom is -0.487 e. The van der Waals surface area contributed by atoms with Crippen LogP contribution < -0.4 is 4.74 Å². The first-order valence-corrected chi connectivity index (χ1v) is 13.6. The Morgan fingerprint density at radius 1 is 1.44 bits per heavy atom. The number of piperidine rings is 1. The summed E-state index contributed by atoms with van der Waals surface area (Å²) in [6, 6.07) is 8.23. The van der Waals surface area contributed by atoms with Crippen LogP contribution in [0.3, 0.4) is 0 Å². The fraction of sp³-hybridized carbons (Fsp3) is 0.444. The van der Waals surface area contributed by atoms with Gasteiger partial charge in [-0.05, 0) is 71.9 Å². The number of benzene rings is 1. The summed E-state index contributed by atoms with van der Waals surface area (Å²) in [5.41, 5.74) is 1.11. The lowest BCUT2D eigenvalue weighted by molar-refractivity contribution is -0.198. The molecule has 3 heterocycles. The van der Waals surface area contributed by atoms with Crippen LogP contribution in [0.1, 0.15) is 35.3 Å². The van der Waals surface area contributed by atoms with Crippen LogP contribution in [0.2, 0.25) is 0 Å². The summed E-state index contributed by atoms with van der Waals surface area (Å²) in [6.45, 7) is 5.62. The maximum absolute atomic E-state index is 13.2. The van der Waals surface area contributed by atoms with Crippen LogP contribution in [0.5, 0.6) is 5.75 Å². The molecule has 2 aliphatic carbocycles. The summed E-state index contributed by atoms with van der Waals surface area (Å²) in [5, 5.41) is 14.4. The van der Waals surface area contributed by atoms with Crippen LogP contribution >= 0.6 is 27.3 Å². The molecule has 1 spiro atoms. The number of thiophene rings is 1. The Kier molecular flexibility index (Phi) is 5.33. The predicted molar refractivity (Wildman–Crippen MR) is 138 cm³/mol. The SMILES string of the molecule is C=CCN1CC[C@]23c4c5cccc4O[C@H]2[C@H](N(C)C(=O)/C=C/c2cc(Br)cs2)CC[C@@]3(O)[C@H]1C5. The zero-order valence-corrected chi connectivity index (χ0v) is 21.6. The van der Waals surface area contributed by atoms with Gasteiger partial charge in [0.1, 0.15) is 11.9 Å². The van der Waals surface area contributed by atoms with Gasteiger partial charge in [-0.1, -0.05) is 18.2 Å². The lowest BCUT2D eigenvalue weighted by Crippen LogP contribution is -2.78. The lowest BCUT2D eigenvalue weighted by atomic mass is 9.48. The second kappa shape index (κ2) is 8.05. The van der Waals surface area contributed by atoms with E-state index in [-0.39, 0.29) is 24.1 Å². The molecule has 5 nitrogen and oxygen atoms in total. The van der Waals surface area contributed by atoms with E-state index in [1.807, 2.05) is 41.6 Å². The van der Waals surface area contributed by atoms with Gasteiger partial charge in [-0.25, -0.2) is 0 Å². The molecule has 178 valence electrons. The fourth-order valence-corrected chi connectivity index (χ4v) is 8.54. The van der Waals surface area contributed by atoms with E-state index in [4.69, 9.17) is 4.74 Å². The normalized spacial score (nSPS) is 33.4. The number of carbonyl (C=O) groups is 1. The first kappa shape index (κ1) is 22.5. The number of halogens is 1. The molecule has 2 aliphatic heterocycles. The van der Waals surface area contributed by atoms with Gasteiger partial charge in [0.15, 0.2) is 0 Å². The summed E-state index contributed by atoms with van der Waals surface area (Å²) in [4.78, 5) is 18.5. The maximum atomic E-state index is 13.2. The molecule has 0 radical (unpaired) electrons. The summed E-state index contributed by atoms with van der Waals surface area (Å²) in [7, 11) is 1.88. The molecule has 1 aromatic carbocycles. The Labute approximate surface area is 212 Å². The van der Waals surface area contributed by atoms with Gasteiger partial charge < -0.3 is 14.7 Å². The molecule has 0 unspecified atom stereocenters. The van der Waals surface area contributed by atoms with Crippen LogP contribution in [0, 0.1) is 0 Å². The Morgan fingerprint density at radius 3 is 3.06 bits per heavy atom. The molecule has 7 heteroatoms. The van der Waals surface area contributed by atoms with Crippen molar-refractivity contribution in [2.24, 2.45) is 0 Å². The molecular formula is C27H29BrN2O3S. The van der Waals surface area contributed by atoms with Gasteiger partial charge in [0.05, 0.1) is 17.1 Å². The Hall–Kier alpha value is -1.93. The molecule has 6 rings (SSSR count).